The van der Waals surface area contributed by atoms with Gasteiger partial charge in [0.15, 0.2) is 5.82 Å². The molecule has 2 aromatic rings. The molecular weight excluding hydrogens is 230 g/mol. The summed E-state index contributed by atoms with van der Waals surface area (Å²) in [6.45, 7) is 1.05. The van der Waals surface area contributed by atoms with Crippen LogP contribution in [0.2, 0.25) is 0 Å². The quantitative estimate of drug-likeness (QED) is 0.865. The average Bonchev–Trinajstić information content (AvgIpc) is 2.89. The summed E-state index contributed by atoms with van der Waals surface area (Å²) >= 11 is 0. The summed E-state index contributed by atoms with van der Waals surface area (Å²) in [5.74, 6) is 0.793. The van der Waals surface area contributed by atoms with Gasteiger partial charge in [-0.1, -0.05) is 6.07 Å². The fraction of sp³-hybridized carbons (Fsp3) is 0.385. The first-order valence-corrected chi connectivity index (χ1v) is 6.06. The largest absolute Gasteiger partial charge is 0.389 e. The van der Waals surface area contributed by atoms with Crippen LogP contribution in [0.3, 0.4) is 0 Å². The lowest BCUT2D eigenvalue weighted by molar-refractivity contribution is -0.0381. The Balaban J connectivity index is 1.96. The number of imidazole rings is 1. The highest BCUT2D eigenvalue weighted by atomic mass is 16.5. The van der Waals surface area contributed by atoms with Gasteiger partial charge in [-0.25, -0.2) is 4.98 Å². The molecule has 94 valence electrons. The van der Waals surface area contributed by atoms with Crippen LogP contribution >= 0.6 is 0 Å². The van der Waals surface area contributed by atoms with Crippen LogP contribution in [0.1, 0.15) is 12.5 Å². The van der Waals surface area contributed by atoms with Crippen LogP contribution in [0.4, 0.5) is 0 Å². The summed E-state index contributed by atoms with van der Waals surface area (Å²) < 4.78 is 7.25. The zero-order valence-corrected chi connectivity index (χ0v) is 9.94. The Bertz CT molecular complexity index is 512. The van der Waals surface area contributed by atoms with Crippen LogP contribution < -0.4 is 0 Å². The second-order valence-corrected chi connectivity index (χ2v) is 4.37. The van der Waals surface area contributed by atoms with Gasteiger partial charge in [-0.3, -0.25) is 4.98 Å². The van der Waals surface area contributed by atoms with Crippen molar-refractivity contribution in [2.75, 3.05) is 13.2 Å². The van der Waals surface area contributed by atoms with Crippen LogP contribution in [-0.4, -0.2) is 39.0 Å². The van der Waals surface area contributed by atoms with Crippen LogP contribution in [0.25, 0.3) is 11.5 Å². The molecule has 0 amide bonds. The second kappa shape index (κ2) is 4.88. The summed E-state index contributed by atoms with van der Waals surface area (Å²) in [5.41, 5.74) is 0.821. The Hall–Kier alpha value is -1.72. The highest BCUT2D eigenvalue weighted by Crippen LogP contribution is 2.26. The molecule has 1 fully saturated rings. The van der Waals surface area contributed by atoms with Gasteiger partial charge in [-0.05, 0) is 18.6 Å². The van der Waals surface area contributed by atoms with Gasteiger partial charge in [0, 0.05) is 25.2 Å². The number of pyridine rings is 1. The Morgan fingerprint density at radius 1 is 1.28 bits per heavy atom. The molecule has 18 heavy (non-hydrogen) atoms. The summed E-state index contributed by atoms with van der Waals surface area (Å²) in [6, 6.07) is 5.74. The van der Waals surface area contributed by atoms with E-state index in [1.165, 1.54) is 0 Å². The fourth-order valence-electron chi connectivity index (χ4n) is 2.31. The molecule has 2 atom stereocenters. The molecular formula is C13H15N3O2. The standard InChI is InChI=1S/C13H15N3O2/c17-12-9-18-8-4-11(12)16-7-6-15-13(16)10-3-1-2-5-14-10/h1-3,5-7,11-12,17H,4,8-9H2/t11-,12-/m0/s1. The summed E-state index contributed by atoms with van der Waals surface area (Å²) in [7, 11) is 0. The molecule has 1 saturated heterocycles. The van der Waals surface area contributed by atoms with E-state index in [1.807, 2.05) is 29.0 Å². The molecule has 0 saturated carbocycles. The van der Waals surface area contributed by atoms with Crippen molar-refractivity contribution in [2.45, 2.75) is 18.6 Å². The third-order valence-electron chi connectivity index (χ3n) is 3.21. The number of hydrogen-bond donors (Lipinski definition) is 1. The van der Waals surface area contributed by atoms with Crippen LogP contribution in [0, 0.1) is 0 Å². The maximum Gasteiger partial charge on any atom is 0.158 e. The van der Waals surface area contributed by atoms with Gasteiger partial charge in [-0.15, -0.1) is 0 Å². The maximum atomic E-state index is 10.0. The number of nitrogens with zero attached hydrogens (tertiary/aromatic N) is 3. The number of aromatic nitrogens is 3. The van der Waals surface area contributed by atoms with Gasteiger partial charge in [0.1, 0.15) is 5.69 Å². The fourth-order valence-corrected chi connectivity index (χ4v) is 2.31. The number of aliphatic hydroxyl groups excluding tert-OH is 1. The molecule has 0 unspecified atom stereocenters. The van der Waals surface area contributed by atoms with Gasteiger partial charge in [0.25, 0.3) is 0 Å². The van der Waals surface area contributed by atoms with E-state index in [0.717, 1.165) is 17.9 Å². The van der Waals surface area contributed by atoms with E-state index in [4.69, 9.17) is 4.74 Å². The summed E-state index contributed by atoms with van der Waals surface area (Å²) in [6.07, 6.45) is 5.68. The zero-order valence-electron chi connectivity index (χ0n) is 9.94. The highest BCUT2D eigenvalue weighted by Gasteiger charge is 2.27. The van der Waals surface area contributed by atoms with Gasteiger partial charge >= 0.3 is 0 Å². The van der Waals surface area contributed by atoms with Crippen molar-refractivity contribution < 1.29 is 9.84 Å². The van der Waals surface area contributed by atoms with Crippen LogP contribution in [-0.2, 0) is 4.74 Å². The SMILES string of the molecule is O[C@H]1COCC[C@@H]1n1ccnc1-c1ccccn1. The van der Waals surface area contributed by atoms with Crippen molar-refractivity contribution >= 4 is 0 Å². The Kier molecular flexibility index (Phi) is 3.08. The molecule has 0 bridgehead atoms. The molecule has 0 aromatic carbocycles. The van der Waals surface area contributed by atoms with Crippen LogP contribution in [0.5, 0.6) is 0 Å². The normalized spacial score (nSPS) is 24.1. The lowest BCUT2D eigenvalue weighted by atomic mass is 10.1. The molecule has 1 aliphatic rings. The van der Waals surface area contributed by atoms with Crippen molar-refractivity contribution in [1.29, 1.82) is 0 Å². The maximum absolute atomic E-state index is 10.0. The third-order valence-corrected chi connectivity index (χ3v) is 3.21. The molecule has 0 spiro atoms. The van der Waals surface area contributed by atoms with Crippen molar-refractivity contribution in [1.82, 2.24) is 14.5 Å². The van der Waals surface area contributed by atoms with Crippen molar-refractivity contribution in [3.05, 3.63) is 36.8 Å². The predicted molar refractivity (Wildman–Crippen MR) is 65.9 cm³/mol. The number of ether oxygens (including phenoxy) is 1. The molecule has 0 aliphatic carbocycles. The summed E-state index contributed by atoms with van der Waals surface area (Å²) in [4.78, 5) is 8.65. The van der Waals surface area contributed by atoms with Crippen molar-refractivity contribution in [3.63, 3.8) is 0 Å². The zero-order chi connectivity index (χ0) is 12.4. The Morgan fingerprint density at radius 2 is 2.22 bits per heavy atom. The molecule has 2 aromatic heterocycles. The lowest BCUT2D eigenvalue weighted by Crippen LogP contribution is -2.34. The minimum Gasteiger partial charge on any atom is -0.389 e. The lowest BCUT2D eigenvalue weighted by Gasteiger charge is -2.29. The van der Waals surface area contributed by atoms with Gasteiger partial charge in [0.05, 0.1) is 18.8 Å². The van der Waals surface area contributed by atoms with Gasteiger partial charge in [-0.2, -0.15) is 0 Å². The first kappa shape index (κ1) is 11.4. The molecule has 1 aliphatic heterocycles. The molecule has 3 heterocycles. The molecule has 5 heteroatoms. The topological polar surface area (TPSA) is 60.2 Å². The average molecular weight is 245 g/mol. The number of hydrogen-bond acceptors (Lipinski definition) is 4. The van der Waals surface area contributed by atoms with Gasteiger partial charge < -0.3 is 14.4 Å². The van der Waals surface area contributed by atoms with E-state index in [2.05, 4.69) is 9.97 Å². The first-order valence-electron chi connectivity index (χ1n) is 6.06. The predicted octanol–water partition coefficient (Wildman–Crippen LogP) is 1.27. The van der Waals surface area contributed by atoms with E-state index < -0.39 is 6.10 Å². The Labute approximate surface area is 105 Å². The van der Waals surface area contributed by atoms with Crippen molar-refractivity contribution in [2.24, 2.45) is 0 Å². The molecule has 3 rings (SSSR count). The smallest absolute Gasteiger partial charge is 0.158 e. The molecule has 1 N–H and O–H groups in total. The van der Waals surface area contributed by atoms with E-state index in [-0.39, 0.29) is 6.04 Å². The minimum atomic E-state index is -0.490. The van der Waals surface area contributed by atoms with E-state index in [9.17, 15) is 5.11 Å². The van der Waals surface area contributed by atoms with Gasteiger partial charge in [0.2, 0.25) is 0 Å². The minimum absolute atomic E-state index is 0.0123. The number of aliphatic hydroxyl groups is 1. The molecule has 0 radical (unpaired) electrons. The summed E-state index contributed by atoms with van der Waals surface area (Å²) in [5, 5.41) is 10.0. The van der Waals surface area contributed by atoms with Crippen molar-refractivity contribution in [3.8, 4) is 11.5 Å². The highest BCUT2D eigenvalue weighted by molar-refractivity contribution is 5.49. The van der Waals surface area contributed by atoms with E-state index in [1.54, 1.807) is 12.4 Å². The van der Waals surface area contributed by atoms with E-state index >= 15 is 0 Å². The Morgan fingerprint density at radius 3 is 3.00 bits per heavy atom. The number of rotatable bonds is 2. The monoisotopic (exact) mass is 245 g/mol. The van der Waals surface area contributed by atoms with E-state index in [0.29, 0.717) is 13.2 Å². The van der Waals surface area contributed by atoms with Crippen LogP contribution in [0.15, 0.2) is 36.8 Å². The third kappa shape index (κ3) is 2.02. The molecule has 5 nitrogen and oxygen atoms in total. The second-order valence-electron chi connectivity index (χ2n) is 4.37. The first-order chi connectivity index (χ1) is 8.86.